The van der Waals surface area contributed by atoms with Crippen LogP contribution in [0.2, 0.25) is 0 Å². The summed E-state index contributed by atoms with van der Waals surface area (Å²) in [5.41, 5.74) is 2.28. The van der Waals surface area contributed by atoms with Crippen LogP contribution in [0.5, 0.6) is 0 Å². The summed E-state index contributed by atoms with van der Waals surface area (Å²) in [5.74, 6) is 0.603. The van der Waals surface area contributed by atoms with Gasteiger partial charge in [0.2, 0.25) is 5.91 Å². The molecule has 1 heterocycles. The number of rotatable bonds is 9. The molecule has 2 rings (SSSR count). The largest absolute Gasteiger partial charge is 0.371 e. The number of carbonyl (C=O) groups excluding carboxylic acids is 2. The van der Waals surface area contributed by atoms with Crippen molar-refractivity contribution in [2.45, 2.75) is 47.0 Å². The average Bonchev–Trinajstić information content (AvgIpc) is 2.71. The highest BCUT2D eigenvalue weighted by Gasteiger charge is 2.21. The second-order valence-electron chi connectivity index (χ2n) is 7.59. The van der Waals surface area contributed by atoms with Gasteiger partial charge in [0.05, 0.1) is 5.56 Å². The number of carbonyl (C=O) groups is 2. The topological polar surface area (TPSA) is 64.7 Å². The summed E-state index contributed by atoms with van der Waals surface area (Å²) in [5, 5.41) is 5.93. The van der Waals surface area contributed by atoms with Gasteiger partial charge in [0.15, 0.2) is 0 Å². The smallest absolute Gasteiger partial charge is 0.253 e. The molecule has 1 aliphatic rings. The number of nitrogens with zero attached hydrogens (tertiary/aromatic N) is 2. The molecule has 0 saturated carbocycles. The van der Waals surface area contributed by atoms with E-state index in [1.165, 1.54) is 0 Å². The van der Waals surface area contributed by atoms with Gasteiger partial charge in [-0.05, 0) is 50.0 Å². The van der Waals surface area contributed by atoms with Crippen molar-refractivity contribution in [1.29, 1.82) is 0 Å². The van der Waals surface area contributed by atoms with E-state index >= 15 is 0 Å². The van der Waals surface area contributed by atoms with Crippen LogP contribution in [0.3, 0.4) is 0 Å². The van der Waals surface area contributed by atoms with E-state index in [9.17, 15) is 9.59 Å². The molecule has 2 N–H and O–H groups in total. The van der Waals surface area contributed by atoms with Crippen LogP contribution < -0.4 is 15.5 Å². The molecule has 6 nitrogen and oxygen atoms in total. The number of anilines is 2. The lowest BCUT2D eigenvalue weighted by Gasteiger charge is -2.33. The molecule has 0 radical (unpaired) electrons. The fraction of sp³-hybridized carbons (Fsp3) is 0.636. The van der Waals surface area contributed by atoms with Gasteiger partial charge >= 0.3 is 0 Å². The van der Waals surface area contributed by atoms with E-state index in [2.05, 4.69) is 41.2 Å². The van der Waals surface area contributed by atoms with Gasteiger partial charge in [-0.15, -0.1) is 0 Å². The summed E-state index contributed by atoms with van der Waals surface area (Å²) >= 11 is 0. The quantitative estimate of drug-likeness (QED) is 0.681. The summed E-state index contributed by atoms with van der Waals surface area (Å²) in [6.45, 7) is 13.7. The first-order valence-electron chi connectivity index (χ1n) is 10.7. The van der Waals surface area contributed by atoms with E-state index in [4.69, 9.17) is 0 Å². The maximum atomic E-state index is 13.0. The van der Waals surface area contributed by atoms with Gasteiger partial charge in [0.25, 0.3) is 5.91 Å². The van der Waals surface area contributed by atoms with Crippen molar-refractivity contribution in [3.63, 3.8) is 0 Å². The second-order valence-corrected chi connectivity index (χ2v) is 7.59. The van der Waals surface area contributed by atoms with Gasteiger partial charge < -0.3 is 20.4 Å². The van der Waals surface area contributed by atoms with E-state index < -0.39 is 0 Å². The minimum Gasteiger partial charge on any atom is -0.371 e. The number of amides is 2. The van der Waals surface area contributed by atoms with Crippen LogP contribution in [0.15, 0.2) is 18.2 Å². The molecule has 0 aromatic heterocycles. The fourth-order valence-corrected chi connectivity index (χ4v) is 3.53. The lowest BCUT2D eigenvalue weighted by atomic mass is 9.97. The normalized spacial score (nSPS) is 15.0. The van der Waals surface area contributed by atoms with E-state index in [0.717, 1.165) is 57.2 Å². The number of benzene rings is 1. The predicted octanol–water partition coefficient (Wildman–Crippen LogP) is 3.34. The first kappa shape index (κ1) is 22.2. The van der Waals surface area contributed by atoms with Crippen molar-refractivity contribution >= 4 is 23.2 Å². The van der Waals surface area contributed by atoms with Crippen LogP contribution in [0.1, 0.15) is 57.3 Å². The summed E-state index contributed by atoms with van der Waals surface area (Å²) in [7, 11) is 0. The maximum Gasteiger partial charge on any atom is 0.253 e. The molecule has 0 spiro atoms. The van der Waals surface area contributed by atoms with E-state index in [0.29, 0.717) is 24.2 Å². The molecule has 1 fully saturated rings. The standard InChI is InChI=1S/C22H36N4O2/c1-5-21(27)24-18-8-9-20(26-13-10-17(4)11-14-26)19(16-18)22(28)23-12-15-25(6-2)7-3/h8-9,16-17H,5-7,10-15H2,1-4H3,(H,23,28)(H,24,27). The average molecular weight is 389 g/mol. The minimum atomic E-state index is -0.0756. The predicted molar refractivity (Wildman–Crippen MR) is 116 cm³/mol. The van der Waals surface area contributed by atoms with Crippen molar-refractivity contribution in [2.24, 2.45) is 5.92 Å². The second kappa shape index (κ2) is 11.1. The van der Waals surface area contributed by atoms with Crippen LogP contribution in [0, 0.1) is 5.92 Å². The summed E-state index contributed by atoms with van der Waals surface area (Å²) in [6, 6.07) is 5.68. The van der Waals surface area contributed by atoms with E-state index in [-0.39, 0.29) is 11.8 Å². The Balaban J connectivity index is 2.17. The van der Waals surface area contributed by atoms with Crippen molar-refractivity contribution in [3.05, 3.63) is 23.8 Å². The highest BCUT2D eigenvalue weighted by atomic mass is 16.2. The molecular formula is C22H36N4O2. The number of nitrogens with one attached hydrogen (secondary N) is 2. The highest BCUT2D eigenvalue weighted by Crippen LogP contribution is 2.28. The molecule has 1 aliphatic heterocycles. The lowest BCUT2D eigenvalue weighted by molar-refractivity contribution is -0.115. The molecule has 156 valence electrons. The van der Waals surface area contributed by atoms with Gasteiger partial charge in [0.1, 0.15) is 0 Å². The Bertz CT molecular complexity index is 650. The molecule has 0 bridgehead atoms. The Hall–Kier alpha value is -2.08. The van der Waals surface area contributed by atoms with Crippen LogP contribution >= 0.6 is 0 Å². The van der Waals surface area contributed by atoms with Gasteiger partial charge in [-0.2, -0.15) is 0 Å². The third-order valence-corrected chi connectivity index (χ3v) is 5.58. The zero-order valence-corrected chi connectivity index (χ0v) is 17.9. The SMILES string of the molecule is CCC(=O)Nc1ccc(N2CCC(C)CC2)c(C(=O)NCCN(CC)CC)c1. The lowest BCUT2D eigenvalue weighted by Crippen LogP contribution is -2.37. The Labute approximate surface area is 169 Å². The monoisotopic (exact) mass is 388 g/mol. The summed E-state index contributed by atoms with van der Waals surface area (Å²) in [6.07, 6.45) is 2.69. The minimum absolute atomic E-state index is 0.0487. The number of hydrogen-bond donors (Lipinski definition) is 2. The first-order valence-corrected chi connectivity index (χ1v) is 10.7. The first-order chi connectivity index (χ1) is 13.5. The van der Waals surface area contributed by atoms with Crippen molar-refractivity contribution in [2.75, 3.05) is 49.5 Å². The van der Waals surface area contributed by atoms with Crippen LogP contribution in [-0.2, 0) is 4.79 Å². The van der Waals surface area contributed by atoms with Crippen LogP contribution in [-0.4, -0.2) is 56.0 Å². The number of hydrogen-bond acceptors (Lipinski definition) is 4. The number of piperidine rings is 1. The number of likely N-dealkylation sites (N-methyl/N-ethyl adjacent to an activating group) is 1. The van der Waals surface area contributed by atoms with Crippen molar-refractivity contribution in [3.8, 4) is 0 Å². The van der Waals surface area contributed by atoms with E-state index in [1.54, 1.807) is 0 Å². The molecular weight excluding hydrogens is 352 g/mol. The van der Waals surface area contributed by atoms with Gasteiger partial charge in [-0.3, -0.25) is 9.59 Å². The molecule has 0 unspecified atom stereocenters. The van der Waals surface area contributed by atoms with Crippen molar-refractivity contribution in [1.82, 2.24) is 10.2 Å². The molecule has 6 heteroatoms. The summed E-state index contributed by atoms with van der Waals surface area (Å²) in [4.78, 5) is 29.3. The zero-order chi connectivity index (χ0) is 20.5. The molecule has 0 aliphatic carbocycles. The maximum absolute atomic E-state index is 13.0. The van der Waals surface area contributed by atoms with Crippen LogP contribution in [0.25, 0.3) is 0 Å². The van der Waals surface area contributed by atoms with Crippen LogP contribution in [0.4, 0.5) is 11.4 Å². The molecule has 1 saturated heterocycles. The fourth-order valence-electron chi connectivity index (χ4n) is 3.53. The van der Waals surface area contributed by atoms with Gasteiger partial charge in [-0.1, -0.05) is 27.7 Å². The molecule has 2 amide bonds. The Morgan fingerprint density at radius 2 is 1.82 bits per heavy atom. The highest BCUT2D eigenvalue weighted by molar-refractivity contribution is 6.02. The zero-order valence-electron chi connectivity index (χ0n) is 17.9. The Morgan fingerprint density at radius 3 is 2.43 bits per heavy atom. The summed E-state index contributed by atoms with van der Waals surface area (Å²) < 4.78 is 0. The molecule has 0 atom stereocenters. The molecule has 1 aromatic carbocycles. The van der Waals surface area contributed by atoms with Gasteiger partial charge in [-0.25, -0.2) is 0 Å². The molecule has 1 aromatic rings. The molecule has 28 heavy (non-hydrogen) atoms. The third kappa shape index (κ3) is 6.23. The van der Waals surface area contributed by atoms with Gasteiger partial charge in [0, 0.05) is 44.0 Å². The van der Waals surface area contributed by atoms with Crippen molar-refractivity contribution < 1.29 is 9.59 Å². The van der Waals surface area contributed by atoms with E-state index in [1.807, 2.05) is 25.1 Å². The Morgan fingerprint density at radius 1 is 1.14 bits per heavy atom. The Kier molecular flexibility index (Phi) is 8.77. The third-order valence-electron chi connectivity index (χ3n) is 5.58.